The van der Waals surface area contributed by atoms with Crippen LogP contribution in [0.15, 0.2) is 0 Å². The molecule has 3 nitrogen and oxygen atoms in total. The second kappa shape index (κ2) is 6.35. The molecule has 1 fully saturated rings. The molecule has 13 heavy (non-hydrogen) atoms. The Morgan fingerprint density at radius 3 is 2.69 bits per heavy atom. The van der Waals surface area contributed by atoms with E-state index >= 15 is 0 Å². The Bertz CT molecular complexity index is 122. The van der Waals surface area contributed by atoms with Crippen LogP contribution < -0.4 is 10.2 Å². The van der Waals surface area contributed by atoms with E-state index in [0.29, 0.717) is 0 Å². The third-order valence-electron chi connectivity index (χ3n) is 2.94. The van der Waals surface area contributed by atoms with Crippen LogP contribution in [0.4, 0.5) is 0 Å². The Morgan fingerprint density at radius 1 is 1.38 bits per heavy atom. The minimum absolute atomic E-state index is 0.889. The Morgan fingerprint density at radius 2 is 2.08 bits per heavy atom. The highest BCUT2D eigenvalue weighted by Gasteiger charge is 2.20. The zero-order chi connectivity index (χ0) is 9.52. The maximum atomic E-state index is 5.02. The van der Waals surface area contributed by atoms with Gasteiger partial charge in [-0.2, -0.15) is 0 Å². The number of piperidine rings is 1. The Labute approximate surface area is 81.4 Å². The molecule has 78 valence electrons. The van der Waals surface area contributed by atoms with E-state index in [0.717, 1.165) is 12.6 Å². The fourth-order valence-corrected chi connectivity index (χ4v) is 1.95. The maximum Gasteiger partial charge on any atom is 0.0967 e. The third kappa shape index (κ3) is 4.60. The molecule has 0 spiro atoms. The van der Waals surface area contributed by atoms with E-state index in [1.165, 1.54) is 38.9 Å². The topological polar surface area (TPSA) is 30.3 Å². The largest absolute Gasteiger partial charge is 0.384 e. The summed E-state index contributed by atoms with van der Waals surface area (Å²) in [5.74, 6) is 0. The van der Waals surface area contributed by atoms with E-state index < -0.39 is 0 Å². The van der Waals surface area contributed by atoms with Crippen LogP contribution in [0.25, 0.3) is 0 Å². The molecule has 1 heterocycles. The van der Waals surface area contributed by atoms with Crippen LogP contribution in [0, 0.1) is 0 Å². The number of nitrogens with one attached hydrogen (secondary N) is 1. The van der Waals surface area contributed by atoms with Crippen LogP contribution in [-0.2, 0) is 4.74 Å². The first-order valence-electron chi connectivity index (χ1n) is 5.46. The molecule has 0 radical (unpaired) electrons. The fourth-order valence-electron chi connectivity index (χ4n) is 1.95. The van der Waals surface area contributed by atoms with Gasteiger partial charge in [-0.3, -0.25) is 0 Å². The van der Waals surface area contributed by atoms with Crippen molar-refractivity contribution in [3.05, 3.63) is 0 Å². The molecule has 1 saturated heterocycles. The summed E-state index contributed by atoms with van der Waals surface area (Å²) >= 11 is 0. The van der Waals surface area contributed by atoms with E-state index in [4.69, 9.17) is 4.74 Å². The fraction of sp³-hybridized carbons (Fsp3) is 1.00. The molecule has 0 bridgehead atoms. The summed E-state index contributed by atoms with van der Waals surface area (Å²) in [6, 6.07) is 0.889. The van der Waals surface area contributed by atoms with Gasteiger partial charge in [0.25, 0.3) is 0 Å². The van der Waals surface area contributed by atoms with Crippen molar-refractivity contribution in [2.75, 3.05) is 40.4 Å². The second-order valence-corrected chi connectivity index (χ2v) is 4.17. The molecule has 0 aromatic heterocycles. The van der Waals surface area contributed by atoms with E-state index in [-0.39, 0.29) is 0 Å². The average molecular weight is 188 g/mol. The van der Waals surface area contributed by atoms with Crippen LogP contribution in [0.2, 0.25) is 0 Å². The predicted octanol–water partition coefficient (Wildman–Crippen LogP) is -1.74. The molecule has 3 heteroatoms. The van der Waals surface area contributed by atoms with Gasteiger partial charge in [0.15, 0.2) is 0 Å². The van der Waals surface area contributed by atoms with Crippen molar-refractivity contribution in [2.24, 2.45) is 0 Å². The average Bonchev–Trinajstić information content (AvgIpc) is 2.15. The number of quaternary nitrogens is 2. The van der Waals surface area contributed by atoms with Crippen LogP contribution in [-0.4, -0.2) is 46.4 Å². The van der Waals surface area contributed by atoms with Crippen molar-refractivity contribution >= 4 is 0 Å². The summed E-state index contributed by atoms with van der Waals surface area (Å²) in [4.78, 5) is 1.70. The third-order valence-corrected chi connectivity index (χ3v) is 2.94. The molecule has 0 saturated carbocycles. The molecular weight excluding hydrogens is 164 g/mol. The van der Waals surface area contributed by atoms with Gasteiger partial charge in [-0.05, 0) is 0 Å². The minimum atomic E-state index is 0.889. The standard InChI is InChI=1S/C10H22N2O/c1-12-7-4-10(5-8-12)11-6-3-9-13-2/h10-11H,3-9H2,1-2H3/p+2. The van der Waals surface area contributed by atoms with E-state index in [2.05, 4.69) is 12.4 Å². The number of hydrogen-bond acceptors (Lipinski definition) is 1. The number of ether oxygens (including phenoxy) is 1. The molecule has 0 atom stereocenters. The molecule has 1 aliphatic rings. The summed E-state index contributed by atoms with van der Waals surface area (Å²) in [7, 11) is 4.07. The van der Waals surface area contributed by atoms with E-state index in [1.807, 2.05) is 0 Å². The molecular formula is C10H24N2O+2. The smallest absolute Gasteiger partial charge is 0.0967 e. The summed E-state index contributed by atoms with van der Waals surface area (Å²) in [5, 5.41) is 2.51. The van der Waals surface area contributed by atoms with Crippen LogP contribution >= 0.6 is 0 Å². The highest BCUT2D eigenvalue weighted by molar-refractivity contribution is 4.56. The van der Waals surface area contributed by atoms with Crippen LogP contribution in [0.3, 0.4) is 0 Å². The Balaban J connectivity index is 1.96. The van der Waals surface area contributed by atoms with E-state index in [1.54, 1.807) is 12.0 Å². The SMILES string of the molecule is COCCC[NH2+]C1CC[NH+](C)CC1. The van der Waals surface area contributed by atoms with Gasteiger partial charge in [0.2, 0.25) is 0 Å². The van der Waals surface area contributed by atoms with Crippen molar-refractivity contribution in [3.63, 3.8) is 0 Å². The first-order chi connectivity index (χ1) is 6.33. The van der Waals surface area contributed by atoms with Gasteiger partial charge in [0.1, 0.15) is 0 Å². The van der Waals surface area contributed by atoms with Gasteiger partial charge in [0.05, 0.1) is 39.3 Å². The normalized spacial score (nSPS) is 29.1. The lowest BCUT2D eigenvalue weighted by molar-refractivity contribution is -0.894. The zero-order valence-electron chi connectivity index (χ0n) is 9.01. The molecule has 1 rings (SSSR count). The lowest BCUT2D eigenvalue weighted by Gasteiger charge is -2.24. The summed E-state index contributed by atoms with van der Waals surface area (Å²) in [6.07, 6.45) is 3.97. The predicted molar refractivity (Wildman–Crippen MR) is 52.9 cm³/mol. The number of hydrogen-bond donors (Lipinski definition) is 2. The summed E-state index contributed by atoms with van der Waals surface area (Å²) < 4.78 is 5.02. The number of methoxy groups -OCH3 is 1. The molecule has 3 N–H and O–H groups in total. The van der Waals surface area contributed by atoms with Gasteiger partial charge in [-0.25, -0.2) is 0 Å². The first-order valence-corrected chi connectivity index (χ1v) is 5.46. The quantitative estimate of drug-likeness (QED) is 0.493. The monoisotopic (exact) mass is 188 g/mol. The van der Waals surface area contributed by atoms with E-state index in [9.17, 15) is 0 Å². The molecule has 0 unspecified atom stereocenters. The van der Waals surface area contributed by atoms with Gasteiger partial charge in [-0.15, -0.1) is 0 Å². The minimum Gasteiger partial charge on any atom is -0.384 e. The van der Waals surface area contributed by atoms with Crippen molar-refractivity contribution < 1.29 is 15.0 Å². The highest BCUT2D eigenvalue weighted by Crippen LogP contribution is 1.92. The number of rotatable bonds is 5. The molecule has 0 amide bonds. The lowest BCUT2D eigenvalue weighted by Crippen LogP contribution is -3.12. The molecule has 0 aromatic rings. The zero-order valence-corrected chi connectivity index (χ0v) is 9.01. The lowest BCUT2D eigenvalue weighted by atomic mass is 10.1. The summed E-state index contributed by atoms with van der Waals surface area (Å²) in [6.45, 7) is 4.85. The number of nitrogens with two attached hydrogens (primary N) is 1. The van der Waals surface area contributed by atoms with Crippen molar-refractivity contribution in [3.8, 4) is 0 Å². The number of likely N-dealkylation sites (tertiary alicyclic amines) is 1. The second-order valence-electron chi connectivity index (χ2n) is 4.17. The maximum absolute atomic E-state index is 5.02. The molecule has 1 aliphatic heterocycles. The molecule has 0 aromatic carbocycles. The van der Waals surface area contributed by atoms with Gasteiger partial charge >= 0.3 is 0 Å². The highest BCUT2D eigenvalue weighted by atomic mass is 16.5. The summed E-state index contributed by atoms with van der Waals surface area (Å²) in [5.41, 5.74) is 0. The van der Waals surface area contributed by atoms with Crippen molar-refractivity contribution in [1.29, 1.82) is 0 Å². The van der Waals surface area contributed by atoms with Crippen LogP contribution in [0.1, 0.15) is 19.3 Å². The Hall–Kier alpha value is -0.120. The van der Waals surface area contributed by atoms with Crippen molar-refractivity contribution in [2.45, 2.75) is 25.3 Å². The van der Waals surface area contributed by atoms with Gasteiger partial charge in [-0.1, -0.05) is 0 Å². The first kappa shape index (κ1) is 11.0. The van der Waals surface area contributed by atoms with Gasteiger partial charge < -0.3 is 15.0 Å². The molecule has 0 aliphatic carbocycles. The van der Waals surface area contributed by atoms with Crippen LogP contribution in [0.5, 0.6) is 0 Å². The van der Waals surface area contributed by atoms with Gasteiger partial charge in [0, 0.05) is 26.4 Å². The van der Waals surface area contributed by atoms with Crippen molar-refractivity contribution in [1.82, 2.24) is 0 Å². The Kier molecular flexibility index (Phi) is 5.35.